The van der Waals surface area contributed by atoms with E-state index in [4.69, 9.17) is 14.4 Å². The van der Waals surface area contributed by atoms with Crippen LogP contribution in [-0.4, -0.2) is 14.5 Å². The standard InChI is InChI=1S/C36H21N3O/c1-2-11-23-21-31-28(20-22(23)10-1)24-12-4-7-17-30(24)39(31)36-25-13-3-6-16-29(25)37-35(38-36)27-15-9-19-33-34(27)26-14-5-8-18-32(26)40-33/h1-21H. The number of furan rings is 1. The van der Waals surface area contributed by atoms with Crippen molar-refractivity contribution in [2.45, 2.75) is 0 Å². The Balaban J connectivity index is 1.43. The minimum atomic E-state index is 0.678. The van der Waals surface area contributed by atoms with Crippen LogP contribution in [0.4, 0.5) is 0 Å². The molecule has 0 amide bonds. The van der Waals surface area contributed by atoms with E-state index < -0.39 is 0 Å². The molecule has 6 aromatic carbocycles. The highest BCUT2D eigenvalue weighted by atomic mass is 16.3. The second-order valence-corrected chi connectivity index (χ2v) is 10.2. The van der Waals surface area contributed by atoms with Gasteiger partial charge in [0.1, 0.15) is 17.0 Å². The SMILES string of the molecule is c1ccc2cc3c(cc2c1)c1ccccc1n3-c1nc(-c2cccc3oc4ccccc4c23)nc2ccccc12. The molecule has 0 atom stereocenters. The van der Waals surface area contributed by atoms with E-state index in [9.17, 15) is 0 Å². The van der Waals surface area contributed by atoms with E-state index in [0.29, 0.717) is 5.82 Å². The molecule has 3 heterocycles. The van der Waals surface area contributed by atoms with Crippen LogP contribution in [0.25, 0.3) is 82.6 Å². The zero-order chi connectivity index (χ0) is 26.2. The minimum Gasteiger partial charge on any atom is -0.456 e. The summed E-state index contributed by atoms with van der Waals surface area (Å²) in [6.45, 7) is 0. The number of hydrogen-bond acceptors (Lipinski definition) is 3. The highest BCUT2D eigenvalue weighted by Gasteiger charge is 2.20. The Hall–Kier alpha value is -5.48. The molecule has 0 aliphatic heterocycles. The van der Waals surface area contributed by atoms with Gasteiger partial charge in [0.15, 0.2) is 5.82 Å². The fraction of sp³-hybridized carbons (Fsp3) is 0. The van der Waals surface area contributed by atoms with Crippen LogP contribution in [0.15, 0.2) is 132 Å². The lowest BCUT2D eigenvalue weighted by Gasteiger charge is -2.13. The van der Waals surface area contributed by atoms with Crippen LogP contribution in [0.5, 0.6) is 0 Å². The zero-order valence-electron chi connectivity index (χ0n) is 21.4. The highest BCUT2D eigenvalue weighted by Crippen LogP contribution is 2.39. The number of para-hydroxylation sites is 3. The molecule has 4 heteroatoms. The summed E-state index contributed by atoms with van der Waals surface area (Å²) in [6.07, 6.45) is 0. The summed E-state index contributed by atoms with van der Waals surface area (Å²) >= 11 is 0. The van der Waals surface area contributed by atoms with Gasteiger partial charge in [-0.1, -0.05) is 84.9 Å². The zero-order valence-corrected chi connectivity index (χ0v) is 21.4. The van der Waals surface area contributed by atoms with Crippen molar-refractivity contribution in [3.05, 3.63) is 127 Å². The van der Waals surface area contributed by atoms with Crippen LogP contribution in [0.1, 0.15) is 0 Å². The van der Waals surface area contributed by atoms with E-state index in [0.717, 1.165) is 55.3 Å². The predicted molar refractivity (Wildman–Crippen MR) is 164 cm³/mol. The Morgan fingerprint density at radius 3 is 2.10 bits per heavy atom. The Bertz CT molecular complexity index is 2450. The second kappa shape index (κ2) is 8.01. The lowest BCUT2D eigenvalue weighted by molar-refractivity contribution is 0.669. The molecule has 0 unspecified atom stereocenters. The van der Waals surface area contributed by atoms with Crippen LogP contribution < -0.4 is 0 Å². The van der Waals surface area contributed by atoms with Gasteiger partial charge >= 0.3 is 0 Å². The first-order valence-corrected chi connectivity index (χ1v) is 13.4. The minimum absolute atomic E-state index is 0.678. The van der Waals surface area contributed by atoms with Crippen molar-refractivity contribution >= 4 is 65.4 Å². The number of hydrogen-bond donors (Lipinski definition) is 0. The van der Waals surface area contributed by atoms with E-state index in [-0.39, 0.29) is 0 Å². The Kier molecular flexibility index (Phi) is 4.30. The molecule has 0 fully saturated rings. The lowest BCUT2D eigenvalue weighted by Crippen LogP contribution is -2.02. The van der Waals surface area contributed by atoms with E-state index in [1.165, 1.54) is 21.5 Å². The summed E-state index contributed by atoms with van der Waals surface area (Å²) in [5.74, 6) is 1.55. The fourth-order valence-electron chi connectivity index (χ4n) is 6.20. The molecule has 4 nitrogen and oxygen atoms in total. The first kappa shape index (κ1) is 21.5. The molecule has 0 saturated carbocycles. The molecule has 186 valence electrons. The Morgan fingerprint density at radius 1 is 0.500 bits per heavy atom. The van der Waals surface area contributed by atoms with E-state index in [1.54, 1.807) is 0 Å². The molecule has 9 aromatic rings. The summed E-state index contributed by atoms with van der Waals surface area (Å²) in [5, 5.41) is 7.95. The average molecular weight is 512 g/mol. The third-order valence-electron chi connectivity index (χ3n) is 7.98. The molecule has 0 saturated heterocycles. The van der Waals surface area contributed by atoms with E-state index in [2.05, 4.69) is 95.6 Å². The second-order valence-electron chi connectivity index (χ2n) is 10.2. The number of nitrogens with zero attached hydrogens (tertiary/aromatic N) is 3. The first-order valence-electron chi connectivity index (χ1n) is 13.4. The largest absolute Gasteiger partial charge is 0.456 e. The molecule has 40 heavy (non-hydrogen) atoms. The monoisotopic (exact) mass is 511 g/mol. The molecule has 0 N–H and O–H groups in total. The van der Waals surface area contributed by atoms with Crippen LogP contribution in [-0.2, 0) is 0 Å². The lowest BCUT2D eigenvalue weighted by atomic mass is 10.1. The predicted octanol–water partition coefficient (Wildman–Crippen LogP) is 9.45. The third kappa shape index (κ3) is 2.96. The maximum absolute atomic E-state index is 6.20. The Morgan fingerprint density at radius 2 is 1.20 bits per heavy atom. The van der Waals surface area contributed by atoms with Gasteiger partial charge in [0.2, 0.25) is 0 Å². The first-order chi connectivity index (χ1) is 19.8. The van der Waals surface area contributed by atoms with Gasteiger partial charge in [-0.05, 0) is 53.2 Å². The summed E-state index contributed by atoms with van der Waals surface area (Å²) < 4.78 is 8.50. The smallest absolute Gasteiger partial charge is 0.162 e. The van der Waals surface area contributed by atoms with Gasteiger partial charge in [0, 0.05) is 32.5 Å². The quantitative estimate of drug-likeness (QED) is 0.232. The maximum atomic E-state index is 6.20. The number of rotatable bonds is 2. The van der Waals surface area contributed by atoms with Crippen molar-refractivity contribution in [1.29, 1.82) is 0 Å². The third-order valence-corrected chi connectivity index (χ3v) is 7.98. The normalized spacial score (nSPS) is 12.0. The van der Waals surface area contributed by atoms with E-state index >= 15 is 0 Å². The Labute approximate surface area is 228 Å². The molecule has 0 bridgehead atoms. The van der Waals surface area contributed by atoms with Crippen LogP contribution in [0.2, 0.25) is 0 Å². The summed E-state index contributed by atoms with van der Waals surface area (Å²) in [4.78, 5) is 10.4. The van der Waals surface area contributed by atoms with E-state index in [1.807, 2.05) is 36.4 Å². The number of benzene rings is 6. The molecule has 9 rings (SSSR count). The van der Waals surface area contributed by atoms with Crippen molar-refractivity contribution < 1.29 is 4.42 Å². The number of aromatic nitrogens is 3. The fourth-order valence-corrected chi connectivity index (χ4v) is 6.20. The molecule has 3 aromatic heterocycles. The summed E-state index contributed by atoms with van der Waals surface area (Å²) in [5.41, 5.74) is 5.80. The highest BCUT2D eigenvalue weighted by molar-refractivity contribution is 6.15. The van der Waals surface area contributed by atoms with Crippen molar-refractivity contribution in [3.8, 4) is 17.2 Å². The van der Waals surface area contributed by atoms with Gasteiger partial charge in [-0.2, -0.15) is 0 Å². The van der Waals surface area contributed by atoms with Crippen molar-refractivity contribution in [2.24, 2.45) is 0 Å². The molecule has 0 spiro atoms. The van der Waals surface area contributed by atoms with Crippen LogP contribution in [0, 0.1) is 0 Å². The van der Waals surface area contributed by atoms with Gasteiger partial charge < -0.3 is 4.42 Å². The van der Waals surface area contributed by atoms with Gasteiger partial charge in [0.05, 0.1) is 16.6 Å². The maximum Gasteiger partial charge on any atom is 0.162 e. The van der Waals surface area contributed by atoms with Crippen molar-refractivity contribution in [2.75, 3.05) is 0 Å². The molecular weight excluding hydrogens is 490 g/mol. The summed E-state index contributed by atoms with van der Waals surface area (Å²) in [7, 11) is 0. The molecule has 0 aliphatic rings. The van der Waals surface area contributed by atoms with Gasteiger partial charge in [-0.15, -0.1) is 0 Å². The molecule has 0 radical (unpaired) electrons. The molecule has 0 aliphatic carbocycles. The van der Waals surface area contributed by atoms with Gasteiger partial charge in [-0.25, -0.2) is 9.97 Å². The van der Waals surface area contributed by atoms with Crippen molar-refractivity contribution in [1.82, 2.24) is 14.5 Å². The van der Waals surface area contributed by atoms with Crippen molar-refractivity contribution in [3.63, 3.8) is 0 Å². The average Bonchev–Trinajstić information content (AvgIpc) is 3.55. The van der Waals surface area contributed by atoms with Gasteiger partial charge in [-0.3, -0.25) is 4.57 Å². The topological polar surface area (TPSA) is 43.9 Å². The van der Waals surface area contributed by atoms with Crippen LogP contribution >= 0.6 is 0 Å². The van der Waals surface area contributed by atoms with Gasteiger partial charge in [0.25, 0.3) is 0 Å². The van der Waals surface area contributed by atoms with Crippen LogP contribution in [0.3, 0.4) is 0 Å². The summed E-state index contributed by atoms with van der Waals surface area (Å²) in [6, 6.07) is 44.3. The number of fused-ring (bicyclic) bond motifs is 8. The molecular formula is C36H21N3O.